The molecule has 140 valence electrons. The molecule has 0 radical (unpaired) electrons. The standard InChI is InChI=1S/C22H23FN2O2/c23-19-7-9-20(10-8-19)27-15-16-4-3-11-25(13-16)22-18(14-26)12-17-5-1-2-6-21(17)24-22/h1-2,5-10,12,16,26H,3-4,11,13-15H2. The molecule has 1 aliphatic heterocycles. The predicted octanol–water partition coefficient (Wildman–Crippen LogP) is 4.16. The number of halogens is 1. The Hall–Kier alpha value is -2.66. The second-order valence-corrected chi connectivity index (χ2v) is 7.04. The topological polar surface area (TPSA) is 45.6 Å². The zero-order valence-electron chi connectivity index (χ0n) is 15.1. The van der Waals surface area contributed by atoms with Crippen LogP contribution in [0.2, 0.25) is 0 Å². The van der Waals surface area contributed by atoms with Gasteiger partial charge in [-0.1, -0.05) is 18.2 Å². The number of benzene rings is 2. The third-order valence-corrected chi connectivity index (χ3v) is 5.07. The van der Waals surface area contributed by atoms with Crippen molar-refractivity contribution in [1.82, 2.24) is 4.98 Å². The number of aromatic nitrogens is 1. The summed E-state index contributed by atoms with van der Waals surface area (Å²) >= 11 is 0. The van der Waals surface area contributed by atoms with E-state index in [1.165, 1.54) is 12.1 Å². The maximum absolute atomic E-state index is 13.0. The van der Waals surface area contributed by atoms with Crippen LogP contribution >= 0.6 is 0 Å². The number of aliphatic hydroxyl groups excluding tert-OH is 1. The van der Waals surface area contributed by atoms with Crippen molar-refractivity contribution in [2.24, 2.45) is 5.92 Å². The van der Waals surface area contributed by atoms with Gasteiger partial charge in [-0.3, -0.25) is 0 Å². The van der Waals surface area contributed by atoms with Gasteiger partial charge in [0.05, 0.1) is 18.7 Å². The van der Waals surface area contributed by atoms with Crippen molar-refractivity contribution >= 4 is 16.7 Å². The Balaban J connectivity index is 1.49. The SMILES string of the molecule is OCc1cc2ccccc2nc1N1CCCC(COc2ccc(F)cc2)C1. The summed E-state index contributed by atoms with van der Waals surface area (Å²) in [5, 5.41) is 10.9. The van der Waals surface area contributed by atoms with E-state index in [-0.39, 0.29) is 12.4 Å². The molecule has 27 heavy (non-hydrogen) atoms. The molecule has 1 unspecified atom stereocenters. The largest absolute Gasteiger partial charge is 0.493 e. The lowest BCUT2D eigenvalue weighted by Gasteiger charge is -2.34. The summed E-state index contributed by atoms with van der Waals surface area (Å²) in [5.74, 6) is 1.66. The lowest BCUT2D eigenvalue weighted by Crippen LogP contribution is -2.38. The lowest BCUT2D eigenvalue weighted by atomic mass is 9.98. The highest BCUT2D eigenvalue weighted by Crippen LogP contribution is 2.28. The van der Waals surface area contributed by atoms with Crippen molar-refractivity contribution in [3.63, 3.8) is 0 Å². The third-order valence-electron chi connectivity index (χ3n) is 5.07. The van der Waals surface area contributed by atoms with Crippen LogP contribution in [0.4, 0.5) is 10.2 Å². The van der Waals surface area contributed by atoms with Crippen LogP contribution in [-0.4, -0.2) is 29.8 Å². The summed E-state index contributed by atoms with van der Waals surface area (Å²) < 4.78 is 18.9. The number of hydrogen-bond donors (Lipinski definition) is 1. The van der Waals surface area contributed by atoms with E-state index in [4.69, 9.17) is 9.72 Å². The molecular weight excluding hydrogens is 343 g/mol. The van der Waals surface area contributed by atoms with Gasteiger partial charge in [-0.25, -0.2) is 9.37 Å². The van der Waals surface area contributed by atoms with Gasteiger partial charge in [0.25, 0.3) is 0 Å². The van der Waals surface area contributed by atoms with E-state index in [1.807, 2.05) is 30.3 Å². The Labute approximate surface area is 158 Å². The molecule has 0 bridgehead atoms. The van der Waals surface area contributed by atoms with Crippen molar-refractivity contribution in [1.29, 1.82) is 0 Å². The number of pyridine rings is 1. The normalized spacial score (nSPS) is 17.3. The van der Waals surface area contributed by atoms with Gasteiger partial charge in [0.2, 0.25) is 0 Å². The first-order chi connectivity index (χ1) is 13.2. The highest BCUT2D eigenvalue weighted by molar-refractivity contribution is 5.81. The molecule has 5 heteroatoms. The van der Waals surface area contributed by atoms with Crippen LogP contribution in [0.5, 0.6) is 5.75 Å². The monoisotopic (exact) mass is 366 g/mol. The minimum atomic E-state index is -0.259. The number of aliphatic hydroxyl groups is 1. The first kappa shape index (κ1) is 17.7. The quantitative estimate of drug-likeness (QED) is 0.736. The third kappa shape index (κ3) is 4.03. The summed E-state index contributed by atoms with van der Waals surface area (Å²) in [6, 6.07) is 16.1. The van der Waals surface area contributed by atoms with Crippen LogP contribution in [0.15, 0.2) is 54.6 Å². The Morgan fingerprint density at radius 1 is 1.15 bits per heavy atom. The Kier molecular flexibility index (Phi) is 5.21. The van der Waals surface area contributed by atoms with Crippen molar-refractivity contribution in [3.8, 4) is 5.75 Å². The van der Waals surface area contributed by atoms with Gasteiger partial charge in [-0.2, -0.15) is 0 Å². The summed E-state index contributed by atoms with van der Waals surface area (Å²) in [4.78, 5) is 7.07. The van der Waals surface area contributed by atoms with Crippen LogP contribution in [0, 0.1) is 11.7 Å². The molecule has 2 heterocycles. The van der Waals surface area contributed by atoms with Crippen molar-refractivity contribution in [2.75, 3.05) is 24.6 Å². The van der Waals surface area contributed by atoms with Gasteiger partial charge in [0.15, 0.2) is 0 Å². The second kappa shape index (κ2) is 7.92. The van der Waals surface area contributed by atoms with Crippen LogP contribution in [-0.2, 0) is 6.61 Å². The summed E-state index contributed by atoms with van der Waals surface area (Å²) in [6.07, 6.45) is 2.14. The van der Waals surface area contributed by atoms with Crippen molar-refractivity contribution in [2.45, 2.75) is 19.4 Å². The fraction of sp³-hybridized carbons (Fsp3) is 0.318. The molecule has 0 aliphatic carbocycles. The fourth-order valence-electron chi connectivity index (χ4n) is 3.68. The van der Waals surface area contributed by atoms with Crippen LogP contribution in [0.3, 0.4) is 0 Å². The van der Waals surface area contributed by atoms with Crippen LogP contribution < -0.4 is 9.64 Å². The molecule has 1 fully saturated rings. The lowest BCUT2D eigenvalue weighted by molar-refractivity contribution is 0.227. The molecule has 0 amide bonds. The molecule has 1 aromatic heterocycles. The predicted molar refractivity (Wildman–Crippen MR) is 104 cm³/mol. The van der Waals surface area contributed by atoms with E-state index in [1.54, 1.807) is 12.1 Å². The molecule has 1 saturated heterocycles. The fourth-order valence-corrected chi connectivity index (χ4v) is 3.68. The highest BCUT2D eigenvalue weighted by Gasteiger charge is 2.23. The zero-order valence-corrected chi connectivity index (χ0v) is 15.1. The van der Waals surface area contributed by atoms with E-state index >= 15 is 0 Å². The molecule has 0 spiro atoms. The molecule has 2 aromatic carbocycles. The molecule has 1 atom stereocenters. The van der Waals surface area contributed by atoms with Gasteiger partial charge in [-0.15, -0.1) is 0 Å². The summed E-state index contributed by atoms with van der Waals surface area (Å²) in [6.45, 7) is 2.31. The van der Waals surface area contributed by atoms with Gasteiger partial charge >= 0.3 is 0 Å². The zero-order chi connectivity index (χ0) is 18.6. The Morgan fingerprint density at radius 3 is 2.78 bits per heavy atom. The van der Waals surface area contributed by atoms with E-state index in [2.05, 4.69) is 4.90 Å². The average Bonchev–Trinajstić information content (AvgIpc) is 2.72. The van der Waals surface area contributed by atoms with E-state index in [0.29, 0.717) is 18.3 Å². The number of nitrogens with zero attached hydrogens (tertiary/aromatic N) is 2. The minimum absolute atomic E-state index is 0.0274. The Bertz CT molecular complexity index is 914. The summed E-state index contributed by atoms with van der Waals surface area (Å²) in [7, 11) is 0. The maximum atomic E-state index is 13.0. The average molecular weight is 366 g/mol. The van der Waals surface area contributed by atoms with E-state index < -0.39 is 0 Å². The van der Waals surface area contributed by atoms with Gasteiger partial charge in [-0.05, 0) is 49.2 Å². The smallest absolute Gasteiger partial charge is 0.134 e. The van der Waals surface area contributed by atoms with Crippen molar-refractivity contribution in [3.05, 3.63) is 66.0 Å². The highest BCUT2D eigenvalue weighted by atomic mass is 19.1. The van der Waals surface area contributed by atoms with Gasteiger partial charge in [0, 0.05) is 30.0 Å². The van der Waals surface area contributed by atoms with Gasteiger partial charge in [0.1, 0.15) is 17.4 Å². The van der Waals surface area contributed by atoms with Crippen molar-refractivity contribution < 1.29 is 14.2 Å². The minimum Gasteiger partial charge on any atom is -0.493 e. The number of hydrogen-bond acceptors (Lipinski definition) is 4. The number of fused-ring (bicyclic) bond motifs is 1. The first-order valence-electron chi connectivity index (χ1n) is 9.36. The van der Waals surface area contributed by atoms with E-state index in [9.17, 15) is 9.50 Å². The van der Waals surface area contributed by atoms with Crippen LogP contribution in [0.1, 0.15) is 18.4 Å². The number of piperidine rings is 1. The van der Waals surface area contributed by atoms with Crippen LogP contribution in [0.25, 0.3) is 10.9 Å². The number of ether oxygens (including phenoxy) is 1. The molecule has 3 aromatic rings. The molecule has 0 saturated carbocycles. The first-order valence-corrected chi connectivity index (χ1v) is 9.36. The molecule has 4 nitrogen and oxygen atoms in total. The Morgan fingerprint density at radius 2 is 1.96 bits per heavy atom. The molecule has 4 rings (SSSR count). The van der Waals surface area contributed by atoms with E-state index in [0.717, 1.165) is 48.2 Å². The van der Waals surface area contributed by atoms with Gasteiger partial charge < -0.3 is 14.7 Å². The molecular formula is C22H23FN2O2. The number of anilines is 1. The maximum Gasteiger partial charge on any atom is 0.134 e. The molecule has 1 aliphatic rings. The number of para-hydroxylation sites is 1. The molecule has 1 N–H and O–H groups in total. The number of rotatable bonds is 5. The second-order valence-electron chi connectivity index (χ2n) is 7.04. The summed E-state index contributed by atoms with van der Waals surface area (Å²) in [5.41, 5.74) is 1.79.